The van der Waals surface area contributed by atoms with E-state index < -0.39 is 0 Å². The van der Waals surface area contributed by atoms with Gasteiger partial charge in [0.1, 0.15) is 0 Å². The fraction of sp³-hybridized carbons (Fsp3) is 0.250. The Bertz CT molecular complexity index is 525. The SMILES string of the molecule is Cc1cnc(Cl)c(NC(C)c2ccc(Cl)s2)c1. The lowest BCUT2D eigenvalue weighted by molar-refractivity contribution is 0.905. The number of thiophene rings is 1. The Hall–Kier alpha value is -0.770. The molecular formula is C12H12Cl2N2S. The number of halogens is 2. The van der Waals surface area contributed by atoms with Crippen molar-refractivity contribution in [3.05, 3.63) is 44.3 Å². The molecule has 2 heterocycles. The summed E-state index contributed by atoms with van der Waals surface area (Å²) in [6, 6.07) is 6.06. The lowest BCUT2D eigenvalue weighted by Gasteiger charge is -2.14. The van der Waals surface area contributed by atoms with Crippen molar-refractivity contribution < 1.29 is 0 Å². The van der Waals surface area contributed by atoms with Crippen LogP contribution in [0, 0.1) is 6.92 Å². The Morgan fingerprint density at radius 2 is 2.12 bits per heavy atom. The molecule has 5 heteroatoms. The van der Waals surface area contributed by atoms with Crippen molar-refractivity contribution >= 4 is 40.2 Å². The fourth-order valence-corrected chi connectivity index (χ4v) is 2.74. The standard InChI is InChI=1S/C12H12Cl2N2S/c1-7-5-9(12(14)15-6-7)16-8(2)10-3-4-11(13)17-10/h3-6,8,16H,1-2H3. The predicted octanol–water partition coefficient (Wildman–Crippen LogP) is 4.93. The summed E-state index contributed by atoms with van der Waals surface area (Å²) >= 11 is 13.5. The molecule has 2 aromatic rings. The molecule has 0 aromatic carbocycles. The summed E-state index contributed by atoms with van der Waals surface area (Å²) in [7, 11) is 0. The van der Waals surface area contributed by atoms with E-state index in [2.05, 4.69) is 17.2 Å². The average Bonchev–Trinajstić information content (AvgIpc) is 2.70. The van der Waals surface area contributed by atoms with Crippen molar-refractivity contribution in [3.63, 3.8) is 0 Å². The molecule has 2 rings (SSSR count). The highest BCUT2D eigenvalue weighted by atomic mass is 35.5. The van der Waals surface area contributed by atoms with E-state index in [9.17, 15) is 0 Å². The summed E-state index contributed by atoms with van der Waals surface area (Å²) in [6.45, 7) is 4.06. The number of pyridine rings is 1. The highest BCUT2D eigenvalue weighted by Gasteiger charge is 2.10. The van der Waals surface area contributed by atoms with Gasteiger partial charge in [0.25, 0.3) is 0 Å². The van der Waals surface area contributed by atoms with Gasteiger partial charge in [0.2, 0.25) is 0 Å². The van der Waals surface area contributed by atoms with Crippen LogP contribution in [0.25, 0.3) is 0 Å². The number of anilines is 1. The molecule has 90 valence electrons. The second kappa shape index (κ2) is 5.25. The molecule has 0 aliphatic heterocycles. The molecule has 1 unspecified atom stereocenters. The first-order valence-corrected chi connectivity index (χ1v) is 6.77. The van der Waals surface area contributed by atoms with Crippen molar-refractivity contribution in [2.45, 2.75) is 19.9 Å². The van der Waals surface area contributed by atoms with E-state index in [1.54, 1.807) is 17.5 Å². The minimum Gasteiger partial charge on any atom is -0.375 e. The Kier molecular flexibility index (Phi) is 3.92. The molecule has 0 amide bonds. The average molecular weight is 287 g/mol. The Morgan fingerprint density at radius 1 is 1.35 bits per heavy atom. The van der Waals surface area contributed by atoms with E-state index in [0.717, 1.165) is 15.6 Å². The second-order valence-corrected chi connectivity index (χ2v) is 5.96. The quantitative estimate of drug-likeness (QED) is 0.809. The van der Waals surface area contributed by atoms with Crippen LogP contribution in [0.3, 0.4) is 0 Å². The van der Waals surface area contributed by atoms with Gasteiger partial charge in [-0.2, -0.15) is 0 Å². The van der Waals surface area contributed by atoms with Crippen molar-refractivity contribution in [2.24, 2.45) is 0 Å². The zero-order chi connectivity index (χ0) is 12.4. The lowest BCUT2D eigenvalue weighted by Crippen LogP contribution is -2.06. The molecule has 0 aliphatic carbocycles. The molecule has 0 spiro atoms. The van der Waals surface area contributed by atoms with E-state index in [-0.39, 0.29) is 6.04 Å². The van der Waals surface area contributed by atoms with Gasteiger partial charge in [0.05, 0.1) is 16.1 Å². The molecule has 2 nitrogen and oxygen atoms in total. The van der Waals surface area contributed by atoms with E-state index in [4.69, 9.17) is 23.2 Å². The minimum atomic E-state index is 0.161. The van der Waals surface area contributed by atoms with Crippen LogP contribution in [-0.2, 0) is 0 Å². The number of hydrogen-bond acceptors (Lipinski definition) is 3. The van der Waals surface area contributed by atoms with Gasteiger partial charge in [0.15, 0.2) is 5.15 Å². The van der Waals surface area contributed by atoms with Crippen LogP contribution < -0.4 is 5.32 Å². The molecule has 2 aromatic heterocycles. The van der Waals surface area contributed by atoms with Crippen molar-refractivity contribution in [3.8, 4) is 0 Å². The summed E-state index contributed by atoms with van der Waals surface area (Å²) in [6.07, 6.45) is 1.75. The number of hydrogen-bond donors (Lipinski definition) is 1. The largest absolute Gasteiger partial charge is 0.375 e. The van der Waals surface area contributed by atoms with Gasteiger partial charge in [-0.1, -0.05) is 23.2 Å². The van der Waals surface area contributed by atoms with Crippen molar-refractivity contribution in [2.75, 3.05) is 5.32 Å². The van der Waals surface area contributed by atoms with Gasteiger partial charge in [-0.15, -0.1) is 11.3 Å². The molecule has 0 saturated heterocycles. The van der Waals surface area contributed by atoms with Gasteiger partial charge in [0, 0.05) is 11.1 Å². The number of aromatic nitrogens is 1. The Labute approximate surface area is 115 Å². The molecule has 0 aliphatic rings. The fourth-order valence-electron chi connectivity index (χ4n) is 1.52. The summed E-state index contributed by atoms with van der Waals surface area (Å²) < 4.78 is 0.794. The summed E-state index contributed by atoms with van der Waals surface area (Å²) in [5, 5.41) is 3.83. The molecule has 17 heavy (non-hydrogen) atoms. The van der Waals surface area contributed by atoms with Gasteiger partial charge in [-0.3, -0.25) is 0 Å². The zero-order valence-electron chi connectivity index (χ0n) is 9.50. The molecule has 1 atom stereocenters. The maximum Gasteiger partial charge on any atom is 0.152 e. The first-order valence-electron chi connectivity index (χ1n) is 5.20. The van der Waals surface area contributed by atoms with Gasteiger partial charge < -0.3 is 5.32 Å². The maximum absolute atomic E-state index is 6.04. The van der Waals surface area contributed by atoms with E-state index in [1.807, 2.05) is 25.1 Å². The lowest BCUT2D eigenvalue weighted by atomic mass is 10.2. The number of nitrogens with one attached hydrogen (secondary N) is 1. The molecule has 0 fully saturated rings. The highest BCUT2D eigenvalue weighted by Crippen LogP contribution is 2.30. The summed E-state index contributed by atoms with van der Waals surface area (Å²) in [5.74, 6) is 0. The van der Waals surface area contributed by atoms with E-state index in [1.165, 1.54) is 4.88 Å². The normalized spacial score (nSPS) is 12.5. The highest BCUT2D eigenvalue weighted by molar-refractivity contribution is 7.16. The van der Waals surface area contributed by atoms with Gasteiger partial charge in [-0.25, -0.2) is 4.98 Å². The first-order chi connectivity index (χ1) is 8.06. The van der Waals surface area contributed by atoms with Crippen LogP contribution in [0.1, 0.15) is 23.4 Å². The zero-order valence-corrected chi connectivity index (χ0v) is 11.8. The maximum atomic E-state index is 6.04. The number of nitrogens with zero attached hydrogens (tertiary/aromatic N) is 1. The van der Waals surface area contributed by atoms with E-state index >= 15 is 0 Å². The third kappa shape index (κ3) is 3.12. The Morgan fingerprint density at radius 3 is 2.76 bits per heavy atom. The molecule has 1 N–H and O–H groups in total. The second-order valence-electron chi connectivity index (χ2n) is 3.86. The van der Waals surface area contributed by atoms with Gasteiger partial charge >= 0.3 is 0 Å². The number of rotatable bonds is 3. The van der Waals surface area contributed by atoms with E-state index in [0.29, 0.717) is 5.15 Å². The third-order valence-electron chi connectivity index (χ3n) is 2.37. The van der Waals surface area contributed by atoms with Crippen LogP contribution in [0.15, 0.2) is 24.4 Å². The minimum absolute atomic E-state index is 0.161. The molecule has 0 radical (unpaired) electrons. The van der Waals surface area contributed by atoms with Crippen molar-refractivity contribution in [1.29, 1.82) is 0 Å². The summed E-state index contributed by atoms with van der Waals surface area (Å²) in [5.41, 5.74) is 1.93. The van der Waals surface area contributed by atoms with Crippen LogP contribution in [0.4, 0.5) is 5.69 Å². The monoisotopic (exact) mass is 286 g/mol. The first kappa shape index (κ1) is 12.7. The van der Waals surface area contributed by atoms with Gasteiger partial charge in [-0.05, 0) is 37.6 Å². The topological polar surface area (TPSA) is 24.9 Å². The van der Waals surface area contributed by atoms with Crippen molar-refractivity contribution in [1.82, 2.24) is 4.98 Å². The summed E-state index contributed by atoms with van der Waals surface area (Å²) in [4.78, 5) is 5.28. The van der Waals surface area contributed by atoms with Crippen LogP contribution in [0.5, 0.6) is 0 Å². The molecule has 0 saturated carbocycles. The molecule has 0 bridgehead atoms. The van der Waals surface area contributed by atoms with Crippen LogP contribution >= 0.6 is 34.5 Å². The third-order valence-corrected chi connectivity index (χ3v) is 4.08. The smallest absolute Gasteiger partial charge is 0.152 e. The van der Waals surface area contributed by atoms with Crippen LogP contribution in [0.2, 0.25) is 9.49 Å². The number of aryl methyl sites for hydroxylation is 1. The Balaban J connectivity index is 2.18. The predicted molar refractivity (Wildman–Crippen MR) is 75.4 cm³/mol. The molecular weight excluding hydrogens is 275 g/mol. The van der Waals surface area contributed by atoms with Crippen LogP contribution in [-0.4, -0.2) is 4.98 Å².